The molecule has 1 aliphatic heterocycles. The second-order valence-electron chi connectivity index (χ2n) is 6.80. The van der Waals surface area contributed by atoms with Crippen molar-refractivity contribution in [1.82, 2.24) is 5.43 Å². The number of nitrogens with zero attached hydrogens (tertiary/aromatic N) is 1. The van der Waals surface area contributed by atoms with Gasteiger partial charge in [0.1, 0.15) is 11.5 Å². The van der Waals surface area contributed by atoms with Gasteiger partial charge in [0.15, 0.2) is 11.7 Å². The molecule has 0 bridgehead atoms. The molecule has 8 heteroatoms. The zero-order valence-corrected chi connectivity index (χ0v) is 19.4. The third kappa shape index (κ3) is 6.59. The maximum atomic E-state index is 12.0. The molecule has 4 rings (SSSR count). The van der Waals surface area contributed by atoms with Gasteiger partial charge in [-0.25, -0.2) is 5.43 Å². The number of ether oxygens (including phenoxy) is 1. The maximum absolute atomic E-state index is 12.0. The minimum absolute atomic E-state index is 0.101. The van der Waals surface area contributed by atoms with Gasteiger partial charge in [-0.05, 0) is 48.9 Å². The van der Waals surface area contributed by atoms with Crippen molar-refractivity contribution in [3.05, 3.63) is 77.6 Å². The molecule has 160 valence electrons. The summed E-state index contributed by atoms with van der Waals surface area (Å²) in [6.07, 6.45) is 1.48. The van der Waals surface area contributed by atoms with Gasteiger partial charge >= 0.3 is 0 Å². The summed E-state index contributed by atoms with van der Waals surface area (Å²) in [7, 11) is 0. The van der Waals surface area contributed by atoms with Crippen molar-refractivity contribution in [2.75, 3.05) is 18.1 Å². The molecule has 2 heterocycles. The van der Waals surface area contributed by atoms with Crippen LogP contribution < -0.4 is 10.2 Å². The van der Waals surface area contributed by atoms with Crippen LogP contribution >= 0.6 is 35.3 Å². The van der Waals surface area contributed by atoms with E-state index in [0.29, 0.717) is 16.1 Å². The Morgan fingerprint density at radius 2 is 1.87 bits per heavy atom. The molecule has 0 spiro atoms. The molecule has 0 saturated carbocycles. The maximum Gasteiger partial charge on any atom is 0.277 e. The first-order valence-electron chi connectivity index (χ1n) is 9.78. The first-order valence-corrected chi connectivity index (χ1v) is 12.7. The first-order chi connectivity index (χ1) is 15.2. The fraction of sp³-hybridized carbons (Fsp3) is 0.217. The number of hydrazone groups is 1. The van der Waals surface area contributed by atoms with Crippen LogP contribution in [0, 0.1) is 6.92 Å². The number of amides is 1. The summed E-state index contributed by atoms with van der Waals surface area (Å²) in [6, 6.07) is 19.8. The van der Waals surface area contributed by atoms with Gasteiger partial charge in [0.05, 0.1) is 10.8 Å². The summed E-state index contributed by atoms with van der Waals surface area (Å²) >= 11 is 5.46. The third-order valence-electron chi connectivity index (χ3n) is 4.37. The van der Waals surface area contributed by atoms with Gasteiger partial charge in [0.2, 0.25) is 0 Å². The fourth-order valence-corrected chi connectivity index (χ4v) is 6.44. The molecule has 0 aliphatic carbocycles. The third-order valence-corrected chi connectivity index (χ3v) is 8.40. The summed E-state index contributed by atoms with van der Waals surface area (Å²) in [4.78, 5) is 13.1. The molecule has 1 aliphatic rings. The number of carbonyl (C=O) groups excluding carboxylic acids is 1. The molecule has 31 heavy (non-hydrogen) atoms. The van der Waals surface area contributed by atoms with E-state index in [-0.39, 0.29) is 12.5 Å². The summed E-state index contributed by atoms with van der Waals surface area (Å²) in [5, 5.41) is 4.70. The van der Waals surface area contributed by atoms with E-state index in [0.717, 1.165) is 9.99 Å². The van der Waals surface area contributed by atoms with Crippen LogP contribution in [0.2, 0.25) is 0 Å². The summed E-state index contributed by atoms with van der Waals surface area (Å²) in [5.74, 6) is 3.29. The molecule has 1 aromatic heterocycles. The Kier molecular flexibility index (Phi) is 7.66. The highest BCUT2D eigenvalue weighted by molar-refractivity contribution is 8.19. The van der Waals surface area contributed by atoms with E-state index in [1.54, 1.807) is 0 Å². The van der Waals surface area contributed by atoms with E-state index < -0.39 is 0 Å². The monoisotopic (exact) mass is 470 g/mol. The Bertz CT molecular complexity index is 1030. The van der Waals surface area contributed by atoms with Crippen LogP contribution in [0.4, 0.5) is 0 Å². The van der Waals surface area contributed by atoms with Gasteiger partial charge in [-0.3, -0.25) is 4.79 Å². The molecule has 1 N–H and O–H groups in total. The van der Waals surface area contributed by atoms with Gasteiger partial charge in [-0.2, -0.15) is 5.10 Å². The molecule has 5 nitrogen and oxygen atoms in total. The lowest BCUT2D eigenvalue weighted by atomic mass is 10.2. The number of rotatable bonds is 8. The standard InChI is InChI=1S/C23H22N2O3S3/c1-16-2-9-20(10-3-16)31-22-11-8-19(28-22)14-24-25-21(26)15-27-18-6-4-17(5-7-18)23-29-12-13-30-23/h2-11,14,23H,12-13,15H2,1H3,(H,25,26)/b24-14-. The lowest BCUT2D eigenvalue weighted by Gasteiger charge is -2.09. The molecule has 1 amide bonds. The molecular formula is C23H22N2O3S3. The average molecular weight is 471 g/mol. The molecule has 2 aromatic carbocycles. The number of nitrogens with one attached hydrogen (secondary N) is 1. The van der Waals surface area contributed by atoms with Crippen molar-refractivity contribution in [3.63, 3.8) is 0 Å². The second-order valence-corrected chi connectivity index (χ2v) is 10.6. The van der Waals surface area contributed by atoms with Gasteiger partial charge in [0.25, 0.3) is 5.91 Å². The summed E-state index contributed by atoms with van der Waals surface area (Å²) < 4.78 is 11.8. The largest absolute Gasteiger partial charge is 0.484 e. The Labute approximate surface area is 194 Å². The highest BCUT2D eigenvalue weighted by atomic mass is 32.2. The molecule has 0 atom stereocenters. The van der Waals surface area contributed by atoms with Crippen LogP contribution in [0.15, 0.2) is 80.2 Å². The molecule has 3 aromatic rings. The van der Waals surface area contributed by atoms with E-state index in [2.05, 4.69) is 53.8 Å². The van der Waals surface area contributed by atoms with Crippen LogP contribution in [0.25, 0.3) is 0 Å². The van der Waals surface area contributed by atoms with Crippen molar-refractivity contribution in [2.24, 2.45) is 5.10 Å². The lowest BCUT2D eigenvalue weighted by molar-refractivity contribution is -0.123. The van der Waals surface area contributed by atoms with Crippen LogP contribution in [0.1, 0.15) is 21.5 Å². The lowest BCUT2D eigenvalue weighted by Crippen LogP contribution is -2.24. The molecule has 1 fully saturated rings. The van der Waals surface area contributed by atoms with Gasteiger partial charge in [-0.15, -0.1) is 23.5 Å². The molecule has 1 saturated heterocycles. The number of benzene rings is 2. The van der Waals surface area contributed by atoms with E-state index in [1.807, 2.05) is 47.8 Å². The normalized spacial score (nSPS) is 14.2. The first kappa shape index (κ1) is 21.9. The van der Waals surface area contributed by atoms with Crippen LogP contribution in [-0.4, -0.2) is 30.2 Å². The number of furan rings is 1. The number of carbonyl (C=O) groups is 1. The zero-order chi connectivity index (χ0) is 21.5. The minimum atomic E-state index is -0.331. The topological polar surface area (TPSA) is 63.8 Å². The Hall–Kier alpha value is -2.29. The highest BCUT2D eigenvalue weighted by Gasteiger charge is 2.18. The van der Waals surface area contributed by atoms with Crippen molar-refractivity contribution in [3.8, 4) is 5.75 Å². The average Bonchev–Trinajstić information content (AvgIpc) is 3.47. The smallest absolute Gasteiger partial charge is 0.277 e. The Morgan fingerprint density at radius 3 is 2.61 bits per heavy atom. The number of thioether (sulfide) groups is 2. The number of aryl methyl sites for hydroxylation is 1. The predicted molar refractivity (Wildman–Crippen MR) is 129 cm³/mol. The number of hydrogen-bond acceptors (Lipinski definition) is 7. The number of hydrogen-bond donors (Lipinski definition) is 1. The molecular weight excluding hydrogens is 448 g/mol. The van der Waals surface area contributed by atoms with Crippen LogP contribution in [0.5, 0.6) is 5.75 Å². The van der Waals surface area contributed by atoms with Gasteiger partial charge in [-0.1, -0.05) is 41.6 Å². The van der Waals surface area contributed by atoms with E-state index >= 15 is 0 Å². The van der Waals surface area contributed by atoms with Gasteiger partial charge in [0, 0.05) is 16.4 Å². The van der Waals surface area contributed by atoms with E-state index in [4.69, 9.17) is 9.15 Å². The minimum Gasteiger partial charge on any atom is -0.484 e. The zero-order valence-electron chi connectivity index (χ0n) is 16.9. The van der Waals surface area contributed by atoms with Crippen molar-refractivity contribution in [1.29, 1.82) is 0 Å². The summed E-state index contributed by atoms with van der Waals surface area (Å²) in [5.41, 5.74) is 4.96. The molecule has 0 radical (unpaired) electrons. The van der Waals surface area contributed by atoms with Crippen LogP contribution in [0.3, 0.4) is 0 Å². The quantitative estimate of drug-likeness (QED) is 0.334. The SMILES string of the molecule is Cc1ccc(Sc2ccc(/C=N\NC(=O)COc3ccc(C4SCCS4)cc3)o2)cc1. The Morgan fingerprint density at radius 1 is 1.13 bits per heavy atom. The van der Waals surface area contributed by atoms with Crippen LogP contribution in [-0.2, 0) is 4.79 Å². The van der Waals surface area contributed by atoms with Gasteiger partial charge < -0.3 is 9.15 Å². The second kappa shape index (κ2) is 10.8. The summed E-state index contributed by atoms with van der Waals surface area (Å²) in [6.45, 7) is 1.96. The predicted octanol–water partition coefficient (Wildman–Crippen LogP) is 5.75. The van der Waals surface area contributed by atoms with E-state index in [1.165, 1.54) is 40.6 Å². The van der Waals surface area contributed by atoms with Crippen molar-refractivity contribution >= 4 is 47.4 Å². The molecule has 0 unspecified atom stereocenters. The van der Waals surface area contributed by atoms with E-state index in [9.17, 15) is 4.79 Å². The fourth-order valence-electron chi connectivity index (χ4n) is 2.80. The van der Waals surface area contributed by atoms with Crippen molar-refractivity contribution in [2.45, 2.75) is 21.5 Å². The highest BCUT2D eigenvalue weighted by Crippen LogP contribution is 2.45. The van der Waals surface area contributed by atoms with Crippen molar-refractivity contribution < 1.29 is 13.9 Å². The Balaban J connectivity index is 1.20.